The van der Waals surface area contributed by atoms with E-state index in [1.54, 1.807) is 6.21 Å². The van der Waals surface area contributed by atoms with Crippen LogP contribution in [0.5, 0.6) is 11.5 Å². The molecule has 1 amide bonds. The van der Waals surface area contributed by atoms with E-state index >= 15 is 0 Å². The average molecular weight is 492 g/mol. The summed E-state index contributed by atoms with van der Waals surface area (Å²) in [6, 6.07) is 25.7. The number of amides is 1. The Morgan fingerprint density at radius 3 is 2.47 bits per heavy atom. The Bertz CT molecular complexity index is 1050. The molecule has 0 bridgehead atoms. The summed E-state index contributed by atoms with van der Waals surface area (Å²) in [5.41, 5.74) is 4.86. The second-order valence-corrected chi connectivity index (χ2v) is 8.81. The fourth-order valence-electron chi connectivity index (χ4n) is 3.75. The molecule has 0 spiro atoms. The van der Waals surface area contributed by atoms with Crippen LogP contribution in [0.3, 0.4) is 0 Å². The van der Waals surface area contributed by atoms with E-state index in [2.05, 4.69) is 55.6 Å². The maximum Gasteiger partial charge on any atom is 0.243 e. The van der Waals surface area contributed by atoms with E-state index in [-0.39, 0.29) is 11.8 Å². The van der Waals surface area contributed by atoms with Crippen molar-refractivity contribution in [2.24, 2.45) is 11.0 Å². The SMILES string of the molecule is O=C(NN=Cc1cccc(Oc2ccccc2)c1)C1CCN(Cc2ccc(Br)cc2)CC1. The fraction of sp³-hybridized carbons (Fsp3) is 0.231. The van der Waals surface area contributed by atoms with Crippen LogP contribution in [-0.4, -0.2) is 30.1 Å². The van der Waals surface area contributed by atoms with Gasteiger partial charge in [0.2, 0.25) is 5.91 Å². The molecule has 32 heavy (non-hydrogen) atoms. The number of carbonyl (C=O) groups excluding carboxylic acids is 1. The summed E-state index contributed by atoms with van der Waals surface area (Å²) in [6.07, 6.45) is 3.34. The number of nitrogens with one attached hydrogen (secondary N) is 1. The standard InChI is InChI=1S/C26H26BrN3O2/c27-23-11-9-20(10-12-23)19-30-15-13-22(14-16-30)26(31)29-28-18-21-5-4-8-25(17-21)32-24-6-2-1-3-7-24/h1-12,17-18,22H,13-16,19H2,(H,29,31). The quantitative estimate of drug-likeness (QED) is 0.345. The molecule has 1 saturated heterocycles. The van der Waals surface area contributed by atoms with Gasteiger partial charge in [-0.25, -0.2) is 5.43 Å². The zero-order chi connectivity index (χ0) is 22.2. The monoisotopic (exact) mass is 491 g/mol. The number of nitrogens with zero attached hydrogens (tertiary/aromatic N) is 2. The van der Waals surface area contributed by atoms with Crippen LogP contribution >= 0.6 is 15.9 Å². The molecule has 1 aliphatic rings. The molecule has 0 atom stereocenters. The maximum absolute atomic E-state index is 12.5. The molecule has 164 valence electrons. The van der Waals surface area contributed by atoms with Gasteiger partial charge in [0.25, 0.3) is 0 Å². The summed E-state index contributed by atoms with van der Waals surface area (Å²) in [7, 11) is 0. The van der Waals surface area contributed by atoms with E-state index in [1.165, 1.54) is 5.56 Å². The van der Waals surface area contributed by atoms with Crippen molar-refractivity contribution in [3.05, 3.63) is 94.5 Å². The highest BCUT2D eigenvalue weighted by Crippen LogP contribution is 2.22. The summed E-state index contributed by atoms with van der Waals surface area (Å²) >= 11 is 3.47. The van der Waals surface area contributed by atoms with Gasteiger partial charge in [-0.3, -0.25) is 9.69 Å². The minimum Gasteiger partial charge on any atom is -0.457 e. The van der Waals surface area contributed by atoms with Crippen LogP contribution in [-0.2, 0) is 11.3 Å². The molecule has 3 aromatic carbocycles. The molecular formula is C26H26BrN3O2. The van der Waals surface area contributed by atoms with E-state index in [4.69, 9.17) is 4.74 Å². The molecule has 1 N–H and O–H groups in total. The Kier molecular flexibility index (Phi) is 7.69. The van der Waals surface area contributed by atoms with Crippen LogP contribution in [0, 0.1) is 5.92 Å². The molecule has 0 radical (unpaired) electrons. The molecule has 1 heterocycles. The molecule has 1 fully saturated rings. The minimum atomic E-state index is -0.0127. The van der Waals surface area contributed by atoms with Gasteiger partial charge in [0.15, 0.2) is 0 Å². The summed E-state index contributed by atoms with van der Waals surface area (Å²) in [5, 5.41) is 4.16. The second-order valence-electron chi connectivity index (χ2n) is 7.90. The highest BCUT2D eigenvalue weighted by Gasteiger charge is 2.24. The van der Waals surface area contributed by atoms with Gasteiger partial charge in [-0.15, -0.1) is 0 Å². The predicted molar refractivity (Wildman–Crippen MR) is 131 cm³/mol. The number of hydrogen-bond donors (Lipinski definition) is 1. The topological polar surface area (TPSA) is 53.9 Å². The number of rotatable bonds is 7. The van der Waals surface area contributed by atoms with Gasteiger partial charge in [-0.2, -0.15) is 5.10 Å². The number of hydrogen-bond acceptors (Lipinski definition) is 4. The smallest absolute Gasteiger partial charge is 0.243 e. The Labute approximate surface area is 197 Å². The van der Waals surface area contributed by atoms with Crippen molar-refractivity contribution in [2.75, 3.05) is 13.1 Å². The van der Waals surface area contributed by atoms with Gasteiger partial charge in [0.05, 0.1) is 6.21 Å². The lowest BCUT2D eigenvalue weighted by molar-refractivity contribution is -0.126. The van der Waals surface area contributed by atoms with E-state index in [9.17, 15) is 4.79 Å². The number of halogens is 1. The molecule has 0 saturated carbocycles. The first-order chi connectivity index (χ1) is 15.7. The lowest BCUT2D eigenvalue weighted by Gasteiger charge is -2.30. The van der Waals surface area contributed by atoms with Crippen molar-refractivity contribution in [2.45, 2.75) is 19.4 Å². The van der Waals surface area contributed by atoms with Crippen LogP contribution in [0.4, 0.5) is 0 Å². The molecule has 5 nitrogen and oxygen atoms in total. The number of likely N-dealkylation sites (tertiary alicyclic amines) is 1. The summed E-state index contributed by atoms with van der Waals surface area (Å²) in [5.74, 6) is 1.49. The zero-order valence-electron chi connectivity index (χ0n) is 17.8. The van der Waals surface area contributed by atoms with Crippen molar-refractivity contribution in [1.29, 1.82) is 0 Å². The van der Waals surface area contributed by atoms with Crippen molar-refractivity contribution in [3.63, 3.8) is 0 Å². The largest absolute Gasteiger partial charge is 0.457 e. The molecule has 1 aliphatic heterocycles. The van der Waals surface area contributed by atoms with Crippen LogP contribution < -0.4 is 10.2 Å². The van der Waals surface area contributed by atoms with Crippen LogP contribution in [0.15, 0.2) is 88.4 Å². The number of carbonyl (C=O) groups is 1. The highest BCUT2D eigenvalue weighted by molar-refractivity contribution is 9.10. The fourth-order valence-corrected chi connectivity index (χ4v) is 4.01. The molecule has 3 aromatic rings. The summed E-state index contributed by atoms with van der Waals surface area (Å²) in [4.78, 5) is 14.9. The average Bonchev–Trinajstić information content (AvgIpc) is 2.82. The Morgan fingerprint density at radius 1 is 1.00 bits per heavy atom. The first kappa shape index (κ1) is 22.2. The van der Waals surface area contributed by atoms with E-state index in [0.717, 1.165) is 54.0 Å². The van der Waals surface area contributed by atoms with Crippen LogP contribution in [0.25, 0.3) is 0 Å². The van der Waals surface area contributed by atoms with E-state index < -0.39 is 0 Å². The molecule has 0 unspecified atom stereocenters. The van der Waals surface area contributed by atoms with Crippen molar-refractivity contribution in [3.8, 4) is 11.5 Å². The third kappa shape index (κ3) is 6.52. The molecule has 0 aliphatic carbocycles. The van der Waals surface area contributed by atoms with Crippen molar-refractivity contribution < 1.29 is 9.53 Å². The highest BCUT2D eigenvalue weighted by atomic mass is 79.9. The van der Waals surface area contributed by atoms with E-state index in [0.29, 0.717) is 0 Å². The number of para-hydroxylation sites is 1. The van der Waals surface area contributed by atoms with Gasteiger partial charge < -0.3 is 4.74 Å². The number of hydrazone groups is 1. The second kappa shape index (κ2) is 11.1. The summed E-state index contributed by atoms with van der Waals surface area (Å²) in [6.45, 7) is 2.74. The van der Waals surface area contributed by atoms with E-state index in [1.807, 2.05) is 54.6 Å². The lowest BCUT2D eigenvalue weighted by atomic mass is 9.96. The van der Waals surface area contributed by atoms with Gasteiger partial charge in [-0.1, -0.05) is 58.4 Å². The first-order valence-electron chi connectivity index (χ1n) is 10.8. The Morgan fingerprint density at radius 2 is 1.72 bits per heavy atom. The third-order valence-electron chi connectivity index (χ3n) is 5.50. The normalized spacial score (nSPS) is 15.0. The van der Waals surface area contributed by atoms with Crippen LogP contribution in [0.2, 0.25) is 0 Å². The van der Waals surface area contributed by atoms with Crippen molar-refractivity contribution in [1.82, 2.24) is 10.3 Å². The zero-order valence-corrected chi connectivity index (χ0v) is 19.4. The summed E-state index contributed by atoms with van der Waals surface area (Å²) < 4.78 is 6.93. The maximum atomic E-state index is 12.5. The first-order valence-corrected chi connectivity index (χ1v) is 11.6. The number of ether oxygens (including phenoxy) is 1. The molecule has 6 heteroatoms. The predicted octanol–water partition coefficient (Wildman–Crippen LogP) is 5.60. The minimum absolute atomic E-state index is 0.000987. The van der Waals surface area contributed by atoms with Gasteiger partial charge in [0, 0.05) is 16.9 Å². The van der Waals surface area contributed by atoms with Crippen molar-refractivity contribution >= 4 is 28.1 Å². The van der Waals surface area contributed by atoms with Gasteiger partial charge in [0.1, 0.15) is 11.5 Å². The molecule has 0 aromatic heterocycles. The van der Waals surface area contributed by atoms with Gasteiger partial charge >= 0.3 is 0 Å². The molecule has 4 rings (SSSR count). The van der Waals surface area contributed by atoms with Crippen LogP contribution in [0.1, 0.15) is 24.0 Å². The number of piperidine rings is 1. The third-order valence-corrected chi connectivity index (χ3v) is 6.03. The number of benzene rings is 3. The molecular weight excluding hydrogens is 466 g/mol. The lowest BCUT2D eigenvalue weighted by Crippen LogP contribution is -2.39. The van der Waals surface area contributed by atoms with Gasteiger partial charge in [-0.05, 0) is 73.5 Å². The Balaban J connectivity index is 1.23. The Hall–Kier alpha value is -2.96.